The van der Waals surface area contributed by atoms with Crippen molar-refractivity contribution < 1.29 is 14.5 Å². The van der Waals surface area contributed by atoms with Gasteiger partial charge in [-0.2, -0.15) is 0 Å². The number of carbonyl (C=O) groups excluding carboxylic acids is 1. The van der Waals surface area contributed by atoms with Crippen LogP contribution in [0, 0.1) is 10.1 Å². The Morgan fingerprint density at radius 1 is 1.29 bits per heavy atom. The lowest BCUT2D eigenvalue weighted by Crippen LogP contribution is -2.22. The lowest BCUT2D eigenvalue weighted by molar-refractivity contribution is -0.384. The van der Waals surface area contributed by atoms with Gasteiger partial charge in [0.2, 0.25) is 0 Å². The summed E-state index contributed by atoms with van der Waals surface area (Å²) in [4.78, 5) is 33.8. The monoisotopic (exact) mass is 364 g/mol. The van der Waals surface area contributed by atoms with Gasteiger partial charge in [0.25, 0.3) is 5.69 Å². The molecule has 0 aliphatic carbocycles. The van der Waals surface area contributed by atoms with Gasteiger partial charge in [0.05, 0.1) is 15.1 Å². The van der Waals surface area contributed by atoms with Crippen molar-refractivity contribution in [3.05, 3.63) is 67.3 Å². The zero-order valence-corrected chi connectivity index (χ0v) is 13.5. The van der Waals surface area contributed by atoms with Gasteiger partial charge in [0.1, 0.15) is 17.3 Å². The lowest BCUT2D eigenvalue weighted by Gasteiger charge is -2.06. The number of benzene rings is 2. The summed E-state index contributed by atoms with van der Waals surface area (Å²) in [6.07, 6.45) is 0. The Hall–Kier alpha value is -2.71. The lowest BCUT2D eigenvalue weighted by atomic mass is 10.3. The molecule has 3 aromatic rings. The van der Waals surface area contributed by atoms with Crippen LogP contribution >= 0.6 is 22.9 Å². The highest BCUT2D eigenvalue weighted by Crippen LogP contribution is 2.28. The van der Waals surface area contributed by atoms with Crippen molar-refractivity contribution in [3.8, 4) is 5.75 Å². The average molecular weight is 365 g/mol. The van der Waals surface area contributed by atoms with Crippen molar-refractivity contribution in [2.75, 3.05) is 0 Å². The molecular weight excluding hydrogens is 356 g/mol. The summed E-state index contributed by atoms with van der Waals surface area (Å²) < 4.78 is 7.19. The number of fused-ring (bicyclic) bond motifs is 1. The summed E-state index contributed by atoms with van der Waals surface area (Å²) in [5, 5.41) is 10.6. The van der Waals surface area contributed by atoms with Gasteiger partial charge >= 0.3 is 10.8 Å². The van der Waals surface area contributed by atoms with Gasteiger partial charge in [-0.25, -0.2) is 4.79 Å². The van der Waals surface area contributed by atoms with Crippen LogP contribution in [0.5, 0.6) is 5.75 Å². The molecule has 7 nitrogen and oxygen atoms in total. The molecule has 24 heavy (non-hydrogen) atoms. The maximum atomic E-state index is 12.1. The van der Waals surface area contributed by atoms with E-state index in [0.717, 1.165) is 22.1 Å². The largest absolute Gasteiger partial charge is 0.425 e. The number of hydrogen-bond donors (Lipinski definition) is 0. The van der Waals surface area contributed by atoms with Crippen LogP contribution in [0.3, 0.4) is 0 Å². The second-order valence-electron chi connectivity index (χ2n) is 4.77. The average Bonchev–Trinajstić information content (AvgIpc) is 2.83. The first-order chi connectivity index (χ1) is 11.5. The minimum absolute atomic E-state index is 0.0724. The van der Waals surface area contributed by atoms with Gasteiger partial charge in [-0.15, -0.1) is 0 Å². The van der Waals surface area contributed by atoms with Gasteiger partial charge < -0.3 is 4.74 Å². The van der Waals surface area contributed by atoms with Crippen molar-refractivity contribution in [2.45, 2.75) is 6.54 Å². The molecule has 9 heteroatoms. The quantitative estimate of drug-likeness (QED) is 0.307. The summed E-state index contributed by atoms with van der Waals surface area (Å²) in [6, 6.07) is 10.7. The number of nitro benzene ring substituents is 1. The van der Waals surface area contributed by atoms with Crippen LogP contribution in [0.15, 0.2) is 47.3 Å². The predicted molar refractivity (Wildman–Crippen MR) is 89.8 cm³/mol. The minimum Gasteiger partial charge on any atom is -0.425 e. The number of hydrogen-bond acceptors (Lipinski definition) is 6. The van der Waals surface area contributed by atoms with Crippen LogP contribution in [0.4, 0.5) is 5.69 Å². The number of esters is 1. The van der Waals surface area contributed by atoms with E-state index in [1.807, 2.05) is 0 Å². The molecule has 0 saturated carbocycles. The molecule has 0 bridgehead atoms. The Bertz CT molecular complexity index is 1010. The van der Waals surface area contributed by atoms with E-state index in [9.17, 15) is 19.7 Å². The minimum atomic E-state index is -0.675. The number of halogens is 1. The summed E-state index contributed by atoms with van der Waals surface area (Å²) in [5.41, 5.74) is 0.364. The third kappa shape index (κ3) is 3.15. The highest BCUT2D eigenvalue weighted by Gasteiger charge is 2.16. The normalized spacial score (nSPS) is 10.7. The van der Waals surface area contributed by atoms with Crippen LogP contribution in [0.1, 0.15) is 0 Å². The Morgan fingerprint density at radius 2 is 2.04 bits per heavy atom. The molecule has 0 spiro atoms. The fourth-order valence-corrected chi connectivity index (χ4v) is 3.29. The number of ether oxygens (including phenoxy) is 1. The fraction of sp³-hybridized carbons (Fsp3) is 0.0667. The van der Waals surface area contributed by atoms with Crippen LogP contribution < -0.4 is 9.61 Å². The molecule has 0 fully saturated rings. The maximum absolute atomic E-state index is 12.1. The van der Waals surface area contributed by atoms with Crippen LogP contribution in [-0.4, -0.2) is 15.5 Å². The fourth-order valence-electron chi connectivity index (χ4n) is 2.16. The van der Waals surface area contributed by atoms with Gasteiger partial charge in [-0.3, -0.25) is 19.5 Å². The van der Waals surface area contributed by atoms with E-state index in [-0.39, 0.29) is 27.9 Å². The van der Waals surface area contributed by atoms with Crippen molar-refractivity contribution in [1.82, 2.24) is 4.57 Å². The number of nitrogens with zero attached hydrogens (tertiary/aromatic N) is 2. The SMILES string of the molecule is O=C(Cn1c(=O)sc2ccccc21)Oc1ccc([N+](=O)[O-])c(Cl)c1. The molecule has 2 aromatic carbocycles. The molecule has 0 saturated heterocycles. The number of rotatable bonds is 4. The third-order valence-corrected chi connectivity index (χ3v) is 4.47. The number of carbonyl (C=O) groups is 1. The molecule has 0 aliphatic rings. The summed E-state index contributed by atoms with van der Waals surface area (Å²) in [5.74, 6) is -0.603. The third-order valence-electron chi connectivity index (χ3n) is 3.21. The van der Waals surface area contributed by atoms with E-state index >= 15 is 0 Å². The second-order valence-corrected chi connectivity index (χ2v) is 6.17. The molecule has 0 aliphatic heterocycles. The standard InChI is InChI=1S/C15H9ClN2O5S/c16-10-7-9(5-6-11(10)18(21)22)23-14(19)8-17-12-3-1-2-4-13(12)24-15(17)20/h1-7H,8H2. The Balaban J connectivity index is 1.80. The Kier molecular flexibility index (Phi) is 4.32. The molecule has 0 radical (unpaired) electrons. The second kappa shape index (κ2) is 6.42. The van der Waals surface area contributed by atoms with Crippen molar-refractivity contribution in [2.24, 2.45) is 0 Å². The van der Waals surface area contributed by atoms with Gasteiger partial charge in [0, 0.05) is 12.1 Å². The van der Waals surface area contributed by atoms with Crippen LogP contribution in [0.2, 0.25) is 5.02 Å². The molecule has 3 rings (SSSR count). The molecule has 0 unspecified atom stereocenters. The molecule has 1 heterocycles. The molecular formula is C15H9ClN2O5S. The smallest absolute Gasteiger partial charge is 0.331 e. The van der Waals surface area contributed by atoms with E-state index in [4.69, 9.17) is 16.3 Å². The molecule has 122 valence electrons. The number of thiazole rings is 1. The van der Waals surface area contributed by atoms with E-state index in [1.54, 1.807) is 24.3 Å². The van der Waals surface area contributed by atoms with E-state index in [1.165, 1.54) is 16.7 Å². The first kappa shape index (κ1) is 16.2. The number of aromatic nitrogens is 1. The Labute approximate surface area is 143 Å². The highest BCUT2D eigenvalue weighted by atomic mass is 35.5. The van der Waals surface area contributed by atoms with Gasteiger partial charge in [-0.1, -0.05) is 35.1 Å². The predicted octanol–water partition coefficient (Wildman–Crippen LogP) is 3.23. The molecule has 0 amide bonds. The Morgan fingerprint density at radius 3 is 2.75 bits per heavy atom. The maximum Gasteiger partial charge on any atom is 0.331 e. The summed E-state index contributed by atoms with van der Waals surface area (Å²) >= 11 is 6.81. The summed E-state index contributed by atoms with van der Waals surface area (Å²) in [7, 11) is 0. The van der Waals surface area contributed by atoms with E-state index in [2.05, 4.69) is 0 Å². The van der Waals surface area contributed by atoms with Crippen LogP contribution in [0.25, 0.3) is 10.2 Å². The van der Waals surface area contributed by atoms with Crippen LogP contribution in [-0.2, 0) is 11.3 Å². The summed E-state index contributed by atoms with van der Waals surface area (Å²) in [6.45, 7) is -0.266. The van der Waals surface area contributed by atoms with E-state index in [0.29, 0.717) is 5.52 Å². The van der Waals surface area contributed by atoms with Gasteiger partial charge in [0.15, 0.2) is 0 Å². The van der Waals surface area contributed by atoms with Crippen molar-refractivity contribution >= 4 is 44.8 Å². The molecule has 0 atom stereocenters. The topological polar surface area (TPSA) is 91.4 Å². The number of nitro groups is 1. The zero-order valence-electron chi connectivity index (χ0n) is 12.0. The molecule has 0 N–H and O–H groups in total. The van der Waals surface area contributed by atoms with Gasteiger partial charge in [-0.05, 0) is 18.2 Å². The molecule has 1 aromatic heterocycles. The zero-order chi connectivity index (χ0) is 17.3. The first-order valence-corrected chi connectivity index (χ1v) is 7.88. The van der Waals surface area contributed by atoms with E-state index < -0.39 is 10.9 Å². The van der Waals surface area contributed by atoms with Crippen molar-refractivity contribution in [1.29, 1.82) is 0 Å². The number of para-hydroxylation sites is 1. The first-order valence-electron chi connectivity index (χ1n) is 6.68. The van der Waals surface area contributed by atoms with Crippen molar-refractivity contribution in [3.63, 3.8) is 0 Å². The highest BCUT2D eigenvalue weighted by molar-refractivity contribution is 7.16.